The highest BCUT2D eigenvalue weighted by molar-refractivity contribution is 6.18. The molecule has 1 aromatic heterocycles. The molecule has 3 nitrogen and oxygen atoms in total. The molecule has 0 aliphatic carbocycles. The topological polar surface area (TPSA) is 25.4 Å². The Kier molecular flexibility index (Phi) is 7.65. The number of anilines is 1. The van der Waals surface area contributed by atoms with Gasteiger partial charge in [-0.3, -0.25) is 0 Å². The molecule has 1 rings (SSSR count). The van der Waals surface area contributed by atoms with Crippen molar-refractivity contribution >= 4 is 17.4 Å². The second kappa shape index (κ2) is 9.03. The molecule has 0 fully saturated rings. The molecule has 19 heavy (non-hydrogen) atoms. The van der Waals surface area contributed by atoms with Crippen molar-refractivity contribution in [1.29, 1.82) is 0 Å². The van der Waals surface area contributed by atoms with Crippen molar-refractivity contribution in [3.8, 4) is 5.75 Å². The fourth-order valence-electron chi connectivity index (χ4n) is 2.20. The molecule has 0 spiro atoms. The summed E-state index contributed by atoms with van der Waals surface area (Å²) in [5.41, 5.74) is 0. The van der Waals surface area contributed by atoms with Gasteiger partial charge < -0.3 is 9.64 Å². The summed E-state index contributed by atoms with van der Waals surface area (Å²) < 4.78 is 5.81. The van der Waals surface area contributed by atoms with Gasteiger partial charge in [-0.25, -0.2) is 4.98 Å². The first-order valence-electron chi connectivity index (χ1n) is 7.18. The van der Waals surface area contributed by atoms with Crippen LogP contribution >= 0.6 is 11.6 Å². The van der Waals surface area contributed by atoms with Crippen molar-refractivity contribution in [2.45, 2.75) is 46.1 Å². The highest BCUT2D eigenvalue weighted by Gasteiger charge is 2.19. The van der Waals surface area contributed by atoms with Crippen LogP contribution in [0.15, 0.2) is 18.3 Å². The summed E-state index contributed by atoms with van der Waals surface area (Å²) in [6.45, 7) is 8.02. The molecular formula is C15H25ClN2O. The summed E-state index contributed by atoms with van der Waals surface area (Å²) in [4.78, 5) is 6.79. The van der Waals surface area contributed by atoms with Gasteiger partial charge in [0.2, 0.25) is 0 Å². The van der Waals surface area contributed by atoms with E-state index in [9.17, 15) is 0 Å². The zero-order chi connectivity index (χ0) is 14.1. The fraction of sp³-hybridized carbons (Fsp3) is 0.667. The first-order valence-corrected chi connectivity index (χ1v) is 7.72. The zero-order valence-electron chi connectivity index (χ0n) is 12.2. The molecule has 0 atom stereocenters. The number of rotatable bonds is 9. The molecule has 0 amide bonds. The molecule has 4 heteroatoms. The first kappa shape index (κ1) is 16.1. The van der Waals surface area contributed by atoms with E-state index in [0.29, 0.717) is 11.9 Å². The first-order chi connectivity index (χ1) is 9.28. The lowest BCUT2D eigenvalue weighted by atomic mass is 10.1. The summed E-state index contributed by atoms with van der Waals surface area (Å²) in [6.07, 6.45) is 4.97. The second-order valence-corrected chi connectivity index (χ2v) is 4.90. The summed E-state index contributed by atoms with van der Waals surface area (Å²) in [5.74, 6) is 2.38. The molecule has 0 aliphatic rings. The average Bonchev–Trinajstić information content (AvgIpc) is 2.46. The van der Waals surface area contributed by atoms with Gasteiger partial charge >= 0.3 is 0 Å². The molecule has 0 bridgehead atoms. The highest BCUT2D eigenvalue weighted by atomic mass is 35.5. The number of aromatic nitrogens is 1. The van der Waals surface area contributed by atoms with E-state index in [1.807, 2.05) is 18.3 Å². The maximum Gasteiger partial charge on any atom is 0.171 e. The summed E-state index contributed by atoms with van der Waals surface area (Å²) in [6, 6.07) is 4.36. The third-order valence-electron chi connectivity index (χ3n) is 3.19. The van der Waals surface area contributed by atoms with Gasteiger partial charge in [0.1, 0.15) is 0 Å². The predicted molar refractivity (Wildman–Crippen MR) is 82.5 cm³/mol. The van der Waals surface area contributed by atoms with Crippen LogP contribution in [-0.2, 0) is 0 Å². The molecule has 0 saturated heterocycles. The van der Waals surface area contributed by atoms with Gasteiger partial charge in [-0.15, -0.1) is 11.6 Å². The Labute approximate surface area is 121 Å². The standard InChI is InChI=1S/C15H25ClN2O/c1-4-12-19-14-8-7-10-17-15(14)18(11-9-16)13(5-2)6-3/h7-8,10,13H,4-6,9,11-12H2,1-3H3. The van der Waals surface area contributed by atoms with Crippen LogP contribution in [0.5, 0.6) is 5.75 Å². The van der Waals surface area contributed by atoms with Gasteiger partial charge in [-0.05, 0) is 31.4 Å². The quantitative estimate of drug-likeness (QED) is 0.638. The Balaban J connectivity index is 2.99. The monoisotopic (exact) mass is 284 g/mol. The SMILES string of the molecule is CCCOc1cccnc1N(CCCl)C(CC)CC. The molecule has 0 N–H and O–H groups in total. The van der Waals surface area contributed by atoms with Crippen LogP contribution in [0.25, 0.3) is 0 Å². The minimum Gasteiger partial charge on any atom is -0.490 e. The largest absolute Gasteiger partial charge is 0.490 e. The Bertz CT molecular complexity index is 356. The van der Waals surface area contributed by atoms with E-state index < -0.39 is 0 Å². The van der Waals surface area contributed by atoms with Crippen LogP contribution in [0.1, 0.15) is 40.0 Å². The van der Waals surface area contributed by atoms with Crippen LogP contribution in [0.4, 0.5) is 5.82 Å². The van der Waals surface area contributed by atoms with E-state index in [1.54, 1.807) is 0 Å². The van der Waals surface area contributed by atoms with Crippen molar-refractivity contribution in [3.05, 3.63) is 18.3 Å². The Morgan fingerprint density at radius 1 is 1.32 bits per heavy atom. The number of halogens is 1. The Morgan fingerprint density at radius 3 is 2.63 bits per heavy atom. The number of ether oxygens (including phenoxy) is 1. The smallest absolute Gasteiger partial charge is 0.171 e. The predicted octanol–water partition coefficient (Wildman–Crippen LogP) is 4.10. The van der Waals surface area contributed by atoms with Gasteiger partial charge in [0.15, 0.2) is 11.6 Å². The molecule has 1 aromatic rings. The summed E-state index contributed by atoms with van der Waals surface area (Å²) in [5, 5.41) is 0. The van der Waals surface area contributed by atoms with Crippen molar-refractivity contribution < 1.29 is 4.74 Å². The number of hydrogen-bond acceptors (Lipinski definition) is 3. The minimum atomic E-state index is 0.456. The summed E-state index contributed by atoms with van der Waals surface area (Å²) in [7, 11) is 0. The minimum absolute atomic E-state index is 0.456. The maximum atomic E-state index is 5.95. The summed E-state index contributed by atoms with van der Waals surface area (Å²) >= 11 is 5.95. The van der Waals surface area contributed by atoms with E-state index in [1.165, 1.54) is 0 Å². The van der Waals surface area contributed by atoms with E-state index in [-0.39, 0.29) is 0 Å². The van der Waals surface area contributed by atoms with Gasteiger partial charge in [0.05, 0.1) is 6.61 Å². The van der Waals surface area contributed by atoms with Crippen LogP contribution in [0.2, 0.25) is 0 Å². The Hall–Kier alpha value is -0.960. The van der Waals surface area contributed by atoms with Gasteiger partial charge in [-0.2, -0.15) is 0 Å². The lowest BCUT2D eigenvalue weighted by molar-refractivity contribution is 0.315. The Morgan fingerprint density at radius 2 is 2.05 bits per heavy atom. The molecular weight excluding hydrogens is 260 g/mol. The third-order valence-corrected chi connectivity index (χ3v) is 3.36. The maximum absolute atomic E-state index is 5.95. The van der Waals surface area contributed by atoms with E-state index >= 15 is 0 Å². The lowest BCUT2D eigenvalue weighted by Gasteiger charge is -2.32. The van der Waals surface area contributed by atoms with Crippen molar-refractivity contribution in [3.63, 3.8) is 0 Å². The van der Waals surface area contributed by atoms with Crippen molar-refractivity contribution in [2.24, 2.45) is 0 Å². The number of pyridine rings is 1. The fourth-order valence-corrected chi connectivity index (χ4v) is 2.39. The number of nitrogens with zero attached hydrogens (tertiary/aromatic N) is 2. The van der Waals surface area contributed by atoms with E-state index in [4.69, 9.17) is 16.3 Å². The molecule has 0 aliphatic heterocycles. The van der Waals surface area contributed by atoms with Gasteiger partial charge in [0.25, 0.3) is 0 Å². The third kappa shape index (κ3) is 4.57. The van der Waals surface area contributed by atoms with Crippen molar-refractivity contribution in [2.75, 3.05) is 23.9 Å². The van der Waals surface area contributed by atoms with E-state index in [2.05, 4.69) is 30.7 Å². The number of hydrogen-bond donors (Lipinski definition) is 0. The molecule has 0 unspecified atom stereocenters. The van der Waals surface area contributed by atoms with Crippen LogP contribution in [0.3, 0.4) is 0 Å². The van der Waals surface area contributed by atoms with E-state index in [0.717, 1.165) is 44.0 Å². The second-order valence-electron chi connectivity index (χ2n) is 4.53. The highest BCUT2D eigenvalue weighted by Crippen LogP contribution is 2.28. The molecule has 0 radical (unpaired) electrons. The normalized spacial score (nSPS) is 10.8. The molecule has 0 saturated carbocycles. The molecule has 0 aromatic carbocycles. The van der Waals surface area contributed by atoms with Gasteiger partial charge in [0, 0.05) is 24.7 Å². The molecule has 1 heterocycles. The lowest BCUT2D eigenvalue weighted by Crippen LogP contribution is -2.37. The van der Waals surface area contributed by atoms with Crippen molar-refractivity contribution in [1.82, 2.24) is 4.98 Å². The van der Waals surface area contributed by atoms with Crippen LogP contribution < -0.4 is 9.64 Å². The average molecular weight is 285 g/mol. The van der Waals surface area contributed by atoms with Crippen LogP contribution in [-0.4, -0.2) is 30.1 Å². The zero-order valence-corrected chi connectivity index (χ0v) is 13.0. The molecule has 108 valence electrons. The number of alkyl halides is 1. The van der Waals surface area contributed by atoms with Crippen LogP contribution in [0, 0.1) is 0 Å². The van der Waals surface area contributed by atoms with Gasteiger partial charge in [-0.1, -0.05) is 20.8 Å².